The van der Waals surface area contributed by atoms with Gasteiger partial charge in [0.2, 0.25) is 0 Å². The van der Waals surface area contributed by atoms with Crippen LogP contribution in [-0.4, -0.2) is 21.9 Å². The average Bonchev–Trinajstić information content (AvgIpc) is 2.79. The number of rotatable bonds is 4. The molecule has 0 saturated heterocycles. The first kappa shape index (κ1) is 18.8. The highest BCUT2D eigenvalue weighted by Crippen LogP contribution is 2.25. The molecule has 8 nitrogen and oxygen atoms in total. The molecule has 0 saturated carbocycles. The second kappa shape index (κ2) is 6.06. The molecule has 24 heavy (non-hydrogen) atoms. The fraction of sp³-hybridized carbons (Fsp3) is 0.385. The van der Waals surface area contributed by atoms with Gasteiger partial charge in [0.05, 0.1) is 0 Å². The first-order chi connectivity index (χ1) is 10.8. The van der Waals surface area contributed by atoms with Gasteiger partial charge < -0.3 is 0 Å². The summed E-state index contributed by atoms with van der Waals surface area (Å²) in [6, 6.07) is 6.50. The molecule has 0 aliphatic carbocycles. The molecule has 0 radical (unpaired) electrons. The van der Waals surface area contributed by atoms with Gasteiger partial charge in [-0.2, -0.15) is 13.1 Å². The zero-order chi connectivity index (χ0) is 18.3. The highest BCUT2D eigenvalue weighted by Gasteiger charge is 2.28. The van der Waals surface area contributed by atoms with Crippen LogP contribution in [0.2, 0.25) is 0 Å². The van der Waals surface area contributed by atoms with Crippen LogP contribution in [0.25, 0.3) is 0 Å². The van der Waals surface area contributed by atoms with Crippen molar-refractivity contribution in [3.63, 3.8) is 0 Å². The lowest BCUT2D eigenvalue weighted by Crippen LogP contribution is -2.35. The Balaban J connectivity index is 2.34. The van der Waals surface area contributed by atoms with E-state index in [1.807, 2.05) is 20.8 Å². The Bertz CT molecular complexity index is 956. The molecule has 1 heterocycles. The number of aromatic nitrogens is 2. The zero-order valence-corrected chi connectivity index (χ0v) is 16.1. The first-order valence-corrected chi connectivity index (χ1v) is 10.7. The molecule has 0 fully saturated rings. The highest BCUT2D eigenvalue weighted by molar-refractivity contribution is 7.93. The van der Waals surface area contributed by atoms with Gasteiger partial charge in [-0.05, 0) is 34.4 Å². The Kier molecular flexibility index (Phi) is 4.74. The van der Waals surface area contributed by atoms with Crippen molar-refractivity contribution < 1.29 is 21.5 Å². The second-order valence-corrected chi connectivity index (χ2v) is 10.6. The molecular formula is C13H19N4O4S3+. The number of benzene rings is 1. The number of nitrogens with two attached hydrogens (primary N) is 1. The number of hydrogen-bond donors (Lipinski definition) is 2. The topological polar surface area (TPSA) is 123 Å². The van der Waals surface area contributed by atoms with Crippen LogP contribution in [0, 0.1) is 0 Å². The Morgan fingerprint density at radius 2 is 1.67 bits per heavy atom. The van der Waals surface area contributed by atoms with Crippen molar-refractivity contribution in [3.05, 3.63) is 29.8 Å². The fourth-order valence-corrected chi connectivity index (χ4v) is 4.76. The van der Waals surface area contributed by atoms with E-state index in [1.54, 1.807) is 12.1 Å². The standard InChI is InChI=1S/C13H18N4O4S3/c1-13(2,3)9-5-7-10(8-6-9)24(20,21)16-11-17(4)15-12(22-11)23(14,18)19/h5-8H,1-4H3,(H2,14,18,19)/p+1. The quantitative estimate of drug-likeness (QED) is 0.743. The molecule has 0 atom stereocenters. The summed E-state index contributed by atoms with van der Waals surface area (Å²) in [5.74, 6) is 0. The van der Waals surface area contributed by atoms with E-state index in [1.165, 1.54) is 19.2 Å². The molecule has 0 bridgehead atoms. The molecule has 3 N–H and O–H groups in total. The van der Waals surface area contributed by atoms with E-state index in [-0.39, 0.29) is 19.8 Å². The van der Waals surface area contributed by atoms with Crippen LogP contribution in [0.4, 0.5) is 5.13 Å². The molecule has 0 unspecified atom stereocenters. The van der Waals surface area contributed by atoms with Crippen LogP contribution >= 0.6 is 11.3 Å². The highest BCUT2D eigenvalue weighted by atomic mass is 32.2. The minimum Gasteiger partial charge on any atom is -0.222 e. The van der Waals surface area contributed by atoms with Crippen molar-refractivity contribution in [1.29, 1.82) is 0 Å². The van der Waals surface area contributed by atoms with Crippen molar-refractivity contribution in [2.24, 2.45) is 12.2 Å². The lowest BCUT2D eigenvalue weighted by Gasteiger charge is -2.18. The molecule has 0 aliphatic rings. The molecule has 132 valence electrons. The monoisotopic (exact) mass is 391 g/mol. The fourth-order valence-electron chi connectivity index (χ4n) is 1.85. The second-order valence-electron chi connectivity index (χ2n) is 6.22. The van der Waals surface area contributed by atoms with Gasteiger partial charge >= 0.3 is 15.2 Å². The summed E-state index contributed by atoms with van der Waals surface area (Å²) in [6.45, 7) is 6.09. The van der Waals surface area contributed by atoms with Crippen molar-refractivity contribution in [2.45, 2.75) is 35.4 Å². The van der Waals surface area contributed by atoms with Gasteiger partial charge in [-0.15, -0.1) is 4.68 Å². The molecule has 2 aromatic rings. The summed E-state index contributed by atoms with van der Waals surface area (Å²) in [5, 5.41) is 8.74. The number of primary sulfonamides is 1. The van der Waals surface area contributed by atoms with E-state index in [9.17, 15) is 16.8 Å². The Hall–Kier alpha value is -1.56. The van der Waals surface area contributed by atoms with E-state index in [0.29, 0.717) is 11.3 Å². The summed E-state index contributed by atoms with van der Waals surface area (Å²) in [7, 11) is -6.44. The van der Waals surface area contributed by atoms with Crippen molar-refractivity contribution in [3.8, 4) is 0 Å². The van der Waals surface area contributed by atoms with Crippen molar-refractivity contribution in [2.75, 3.05) is 4.72 Å². The number of nitrogens with zero attached hydrogens (tertiary/aromatic N) is 2. The number of nitrogens with one attached hydrogen (secondary N) is 1. The van der Waals surface area contributed by atoms with Gasteiger partial charge in [-0.25, -0.2) is 13.6 Å². The molecule has 1 aromatic heterocycles. The molecule has 0 spiro atoms. The Morgan fingerprint density at radius 3 is 2.08 bits per heavy atom. The minimum absolute atomic E-state index is 0.0407. The van der Waals surface area contributed by atoms with Crippen LogP contribution in [0.3, 0.4) is 0 Å². The third-order valence-electron chi connectivity index (χ3n) is 3.21. The van der Waals surface area contributed by atoms with E-state index >= 15 is 0 Å². The number of hydrogen-bond acceptors (Lipinski definition) is 6. The Labute approximate surface area is 145 Å². The summed E-state index contributed by atoms with van der Waals surface area (Å²) in [6.07, 6.45) is 0. The number of aryl methyl sites for hydroxylation is 1. The largest absolute Gasteiger partial charge is 0.372 e. The summed E-state index contributed by atoms with van der Waals surface area (Å²) < 4.78 is 50.6. The van der Waals surface area contributed by atoms with E-state index in [2.05, 4.69) is 9.82 Å². The maximum Gasteiger partial charge on any atom is 0.372 e. The van der Waals surface area contributed by atoms with Crippen LogP contribution in [-0.2, 0) is 32.5 Å². The van der Waals surface area contributed by atoms with Crippen molar-refractivity contribution >= 4 is 36.5 Å². The average molecular weight is 392 g/mol. The van der Waals surface area contributed by atoms with Crippen LogP contribution in [0.1, 0.15) is 26.3 Å². The lowest BCUT2D eigenvalue weighted by atomic mass is 9.87. The maximum absolute atomic E-state index is 12.4. The van der Waals surface area contributed by atoms with E-state index < -0.39 is 20.0 Å². The van der Waals surface area contributed by atoms with Gasteiger partial charge in [-0.3, -0.25) is 0 Å². The van der Waals surface area contributed by atoms with Crippen molar-refractivity contribution in [1.82, 2.24) is 5.10 Å². The van der Waals surface area contributed by atoms with Crippen LogP contribution < -0.4 is 14.5 Å². The summed E-state index contributed by atoms with van der Waals surface area (Å²) in [5.41, 5.74) is 0.908. The lowest BCUT2D eigenvalue weighted by molar-refractivity contribution is -0.714. The normalized spacial score (nSPS) is 13.0. The van der Waals surface area contributed by atoms with Gasteiger partial charge in [0, 0.05) is 0 Å². The van der Waals surface area contributed by atoms with Gasteiger partial charge in [0.15, 0.2) is 0 Å². The van der Waals surface area contributed by atoms with Gasteiger partial charge in [-0.1, -0.05) is 38.0 Å². The summed E-state index contributed by atoms with van der Waals surface area (Å²) >= 11 is 0.644. The minimum atomic E-state index is -3.99. The van der Waals surface area contributed by atoms with Crippen LogP contribution in [0.15, 0.2) is 33.5 Å². The zero-order valence-electron chi connectivity index (χ0n) is 13.6. The first-order valence-electron chi connectivity index (χ1n) is 6.84. The molecule has 2 rings (SSSR count). The molecule has 0 amide bonds. The predicted octanol–water partition coefficient (Wildman–Crippen LogP) is 0.713. The summed E-state index contributed by atoms with van der Waals surface area (Å²) in [4.78, 5) is 0.0704. The molecular weight excluding hydrogens is 372 g/mol. The molecule has 11 heteroatoms. The SMILES string of the molecule is C[n+]1nc(S(N)(=O)=O)sc1NS(=O)(=O)c1ccc(C(C)(C)C)cc1. The van der Waals surface area contributed by atoms with E-state index in [4.69, 9.17) is 5.14 Å². The van der Waals surface area contributed by atoms with Gasteiger partial charge in [0.25, 0.3) is 14.4 Å². The maximum atomic E-state index is 12.4. The smallest absolute Gasteiger partial charge is 0.222 e. The molecule has 1 aromatic carbocycles. The third-order valence-corrected chi connectivity index (χ3v) is 7.02. The third kappa shape index (κ3) is 4.09. The van der Waals surface area contributed by atoms with Crippen LogP contribution in [0.5, 0.6) is 0 Å². The number of sulfonamides is 2. The van der Waals surface area contributed by atoms with E-state index in [0.717, 1.165) is 10.2 Å². The predicted molar refractivity (Wildman–Crippen MR) is 90.6 cm³/mol. The molecule has 0 aliphatic heterocycles. The Morgan fingerprint density at radius 1 is 1.12 bits per heavy atom. The number of anilines is 1. The van der Waals surface area contributed by atoms with Gasteiger partial charge in [0.1, 0.15) is 11.9 Å².